The van der Waals surface area contributed by atoms with Gasteiger partial charge < -0.3 is 0 Å². The maximum absolute atomic E-state index is 4.15. The molecule has 12 heavy (non-hydrogen) atoms. The standard InChI is InChI=1S/C10H11NS/c1-9-5-6-10(11-8-9)4-2-3-7-12/h5-6,8,12H,3,7H2,1H3. The van der Waals surface area contributed by atoms with E-state index in [9.17, 15) is 0 Å². The van der Waals surface area contributed by atoms with Gasteiger partial charge in [0.05, 0.1) is 0 Å². The Morgan fingerprint density at radius 2 is 2.33 bits per heavy atom. The number of thiol groups is 1. The van der Waals surface area contributed by atoms with Gasteiger partial charge in [-0.1, -0.05) is 12.0 Å². The number of hydrogen-bond donors (Lipinski definition) is 1. The molecule has 0 aliphatic carbocycles. The Labute approximate surface area is 78.6 Å². The summed E-state index contributed by atoms with van der Waals surface area (Å²) in [4.78, 5) is 4.15. The van der Waals surface area contributed by atoms with E-state index >= 15 is 0 Å². The third kappa shape index (κ3) is 2.98. The third-order valence-electron chi connectivity index (χ3n) is 1.36. The van der Waals surface area contributed by atoms with Crippen molar-refractivity contribution in [2.75, 3.05) is 5.75 Å². The fourth-order valence-electron chi connectivity index (χ4n) is 0.751. The van der Waals surface area contributed by atoms with E-state index in [-0.39, 0.29) is 0 Å². The lowest BCUT2D eigenvalue weighted by Gasteiger charge is -1.90. The van der Waals surface area contributed by atoms with Gasteiger partial charge in [-0.15, -0.1) is 0 Å². The van der Waals surface area contributed by atoms with Crippen molar-refractivity contribution in [2.24, 2.45) is 0 Å². The van der Waals surface area contributed by atoms with Crippen LogP contribution in [0.3, 0.4) is 0 Å². The topological polar surface area (TPSA) is 12.9 Å². The minimum atomic E-state index is 0.804. The molecule has 0 aliphatic rings. The Bertz CT molecular complexity index is 292. The van der Waals surface area contributed by atoms with Crippen molar-refractivity contribution in [1.82, 2.24) is 4.98 Å². The van der Waals surface area contributed by atoms with E-state index in [4.69, 9.17) is 0 Å². The predicted octanol–water partition coefficient (Wildman–Crippen LogP) is 2.06. The molecule has 2 heteroatoms. The fourth-order valence-corrected chi connectivity index (χ4v) is 0.863. The van der Waals surface area contributed by atoms with E-state index in [2.05, 4.69) is 29.5 Å². The molecule has 0 radical (unpaired) electrons. The molecule has 0 N–H and O–H groups in total. The summed E-state index contributed by atoms with van der Waals surface area (Å²) < 4.78 is 0. The first-order valence-corrected chi connectivity index (χ1v) is 4.48. The van der Waals surface area contributed by atoms with E-state index in [1.54, 1.807) is 0 Å². The van der Waals surface area contributed by atoms with Gasteiger partial charge in [-0.25, -0.2) is 4.98 Å². The van der Waals surface area contributed by atoms with Gasteiger partial charge in [0.25, 0.3) is 0 Å². The molecular weight excluding hydrogens is 166 g/mol. The van der Waals surface area contributed by atoms with Crippen LogP contribution in [0.15, 0.2) is 18.3 Å². The van der Waals surface area contributed by atoms with Gasteiger partial charge in [0.1, 0.15) is 5.69 Å². The smallest absolute Gasteiger partial charge is 0.113 e. The molecule has 0 saturated heterocycles. The highest BCUT2D eigenvalue weighted by atomic mass is 32.1. The first-order valence-electron chi connectivity index (χ1n) is 3.85. The molecule has 1 aromatic heterocycles. The average molecular weight is 177 g/mol. The van der Waals surface area contributed by atoms with Crippen LogP contribution in [0.2, 0.25) is 0 Å². The van der Waals surface area contributed by atoms with Crippen LogP contribution in [0.25, 0.3) is 0 Å². The Hall–Kier alpha value is -0.940. The van der Waals surface area contributed by atoms with Crippen molar-refractivity contribution in [3.8, 4) is 11.8 Å². The highest BCUT2D eigenvalue weighted by Gasteiger charge is 1.85. The molecule has 62 valence electrons. The predicted molar refractivity (Wildman–Crippen MR) is 54.3 cm³/mol. The van der Waals surface area contributed by atoms with E-state index in [0.29, 0.717) is 0 Å². The summed E-state index contributed by atoms with van der Waals surface area (Å²) in [5.41, 5.74) is 2.00. The van der Waals surface area contributed by atoms with Crippen molar-refractivity contribution in [3.05, 3.63) is 29.6 Å². The van der Waals surface area contributed by atoms with Crippen molar-refractivity contribution in [2.45, 2.75) is 13.3 Å². The summed E-state index contributed by atoms with van der Waals surface area (Å²) in [6.45, 7) is 2.01. The summed E-state index contributed by atoms with van der Waals surface area (Å²) in [6.07, 6.45) is 2.64. The molecule has 1 heterocycles. The van der Waals surface area contributed by atoms with Crippen LogP contribution in [-0.4, -0.2) is 10.7 Å². The van der Waals surface area contributed by atoms with Gasteiger partial charge in [0.2, 0.25) is 0 Å². The van der Waals surface area contributed by atoms with Crippen LogP contribution in [0.1, 0.15) is 17.7 Å². The zero-order chi connectivity index (χ0) is 8.81. The minimum Gasteiger partial charge on any atom is -0.248 e. The van der Waals surface area contributed by atoms with Crippen LogP contribution in [0.5, 0.6) is 0 Å². The molecular formula is C10H11NS. The summed E-state index contributed by atoms with van der Waals surface area (Å²) in [5, 5.41) is 0. The molecule has 0 fully saturated rings. The maximum Gasteiger partial charge on any atom is 0.113 e. The molecule has 0 aromatic carbocycles. The molecule has 0 amide bonds. The van der Waals surface area contributed by atoms with Crippen LogP contribution >= 0.6 is 12.6 Å². The largest absolute Gasteiger partial charge is 0.248 e. The Balaban J connectivity index is 2.66. The molecule has 0 atom stereocenters. The third-order valence-corrected chi connectivity index (χ3v) is 1.59. The molecule has 0 unspecified atom stereocenters. The zero-order valence-corrected chi connectivity index (χ0v) is 7.94. The van der Waals surface area contributed by atoms with Crippen LogP contribution < -0.4 is 0 Å². The summed E-state index contributed by atoms with van der Waals surface area (Å²) in [6, 6.07) is 3.94. The number of pyridine rings is 1. The SMILES string of the molecule is Cc1ccc(C#CCCS)nc1. The van der Waals surface area contributed by atoms with E-state index in [0.717, 1.165) is 23.4 Å². The second-order valence-electron chi connectivity index (χ2n) is 2.50. The van der Waals surface area contributed by atoms with Gasteiger partial charge >= 0.3 is 0 Å². The van der Waals surface area contributed by atoms with Gasteiger partial charge in [-0.3, -0.25) is 0 Å². The Morgan fingerprint density at radius 1 is 1.50 bits per heavy atom. The monoisotopic (exact) mass is 177 g/mol. The van der Waals surface area contributed by atoms with E-state index in [1.165, 1.54) is 0 Å². The highest BCUT2D eigenvalue weighted by molar-refractivity contribution is 7.80. The normalized spacial score (nSPS) is 8.83. The van der Waals surface area contributed by atoms with Crippen LogP contribution in [-0.2, 0) is 0 Å². The second-order valence-corrected chi connectivity index (χ2v) is 2.94. The molecule has 0 saturated carbocycles. The lowest BCUT2D eigenvalue weighted by molar-refractivity contribution is 1.23. The molecule has 0 spiro atoms. The number of aryl methyl sites for hydroxylation is 1. The first-order chi connectivity index (χ1) is 5.83. The molecule has 1 aromatic rings. The average Bonchev–Trinajstić information content (AvgIpc) is 2.09. The molecule has 1 nitrogen and oxygen atoms in total. The number of aromatic nitrogens is 1. The van der Waals surface area contributed by atoms with Crippen molar-refractivity contribution >= 4 is 12.6 Å². The summed E-state index contributed by atoms with van der Waals surface area (Å²) in [7, 11) is 0. The Morgan fingerprint density at radius 3 is 2.92 bits per heavy atom. The molecule has 0 bridgehead atoms. The van der Waals surface area contributed by atoms with Crippen LogP contribution in [0.4, 0.5) is 0 Å². The van der Waals surface area contributed by atoms with Gasteiger partial charge in [-0.2, -0.15) is 12.6 Å². The minimum absolute atomic E-state index is 0.804. The quantitative estimate of drug-likeness (QED) is 0.512. The van der Waals surface area contributed by atoms with Gasteiger partial charge in [0.15, 0.2) is 0 Å². The second kappa shape index (κ2) is 4.84. The van der Waals surface area contributed by atoms with E-state index in [1.807, 2.05) is 25.3 Å². The van der Waals surface area contributed by atoms with Crippen molar-refractivity contribution in [1.29, 1.82) is 0 Å². The first kappa shape index (κ1) is 9.15. The maximum atomic E-state index is 4.15. The fraction of sp³-hybridized carbons (Fsp3) is 0.300. The summed E-state index contributed by atoms with van der Waals surface area (Å²) >= 11 is 4.06. The van der Waals surface area contributed by atoms with Crippen molar-refractivity contribution < 1.29 is 0 Å². The lowest BCUT2D eigenvalue weighted by atomic mass is 10.3. The molecule has 1 rings (SSSR count). The number of hydrogen-bond acceptors (Lipinski definition) is 2. The zero-order valence-electron chi connectivity index (χ0n) is 7.04. The number of nitrogens with zero attached hydrogens (tertiary/aromatic N) is 1. The van der Waals surface area contributed by atoms with Crippen molar-refractivity contribution in [3.63, 3.8) is 0 Å². The summed E-state index contributed by atoms with van der Waals surface area (Å²) in [5.74, 6) is 6.75. The van der Waals surface area contributed by atoms with Gasteiger partial charge in [-0.05, 0) is 24.5 Å². The number of rotatable bonds is 1. The Kier molecular flexibility index (Phi) is 3.69. The highest BCUT2D eigenvalue weighted by Crippen LogP contribution is 1.96. The van der Waals surface area contributed by atoms with Gasteiger partial charge in [0, 0.05) is 18.4 Å². The van der Waals surface area contributed by atoms with Crippen LogP contribution in [0, 0.1) is 18.8 Å². The van der Waals surface area contributed by atoms with E-state index < -0.39 is 0 Å². The molecule has 0 aliphatic heterocycles. The lowest BCUT2D eigenvalue weighted by Crippen LogP contribution is -1.82.